The molecule has 0 unspecified atom stereocenters. The van der Waals surface area contributed by atoms with Crippen LogP contribution in [0.15, 0.2) is 103 Å². The lowest BCUT2D eigenvalue weighted by Gasteiger charge is -2.39. The van der Waals surface area contributed by atoms with Crippen LogP contribution >= 0.6 is 0 Å². The minimum Gasteiger partial charge on any atom is -0.504 e. The molecule has 0 amide bonds. The van der Waals surface area contributed by atoms with Crippen LogP contribution in [0.2, 0.25) is 0 Å². The summed E-state index contributed by atoms with van der Waals surface area (Å²) < 4.78 is 32.9. The fourth-order valence-electron chi connectivity index (χ4n) is 6.95. The Hall–Kier alpha value is -6.12. The summed E-state index contributed by atoms with van der Waals surface area (Å²) in [7, 11) is 0. The van der Waals surface area contributed by atoms with Gasteiger partial charge in [-0.3, -0.25) is 0 Å². The number of ether oxygens (including phenoxy) is 6. The van der Waals surface area contributed by atoms with E-state index < -0.39 is 146 Å². The Morgan fingerprint density at radius 2 is 0.565 bits per heavy atom. The van der Waals surface area contributed by atoms with Gasteiger partial charge in [0.25, 0.3) is 0 Å². The van der Waals surface area contributed by atoms with Crippen LogP contribution in [0.1, 0.15) is 0 Å². The third-order valence-corrected chi connectivity index (χ3v) is 11.0. The normalized spacial score (nSPS) is 31.9. The number of aromatic hydroxyl groups is 3. The first-order valence-electron chi connectivity index (χ1n) is 20.8. The maximum absolute atomic E-state index is 11.3. The number of azo groups is 3. The van der Waals surface area contributed by atoms with Gasteiger partial charge in [0.2, 0.25) is 18.9 Å². The lowest BCUT2D eigenvalue weighted by Crippen LogP contribution is -2.60. The van der Waals surface area contributed by atoms with E-state index >= 15 is 0 Å². The standard InChI is InChI=1S/C42H48N6O21/c49-13-22-28(52)34(58)37(61)40(67-22)64-19-7-1-16(2-8-19)43-46-25-31(55)26(47-44-17-3-9-20(10-4-17)65-41-38(62)35(59)29(53)23(14-50)68-41)33(57)27(32(25)56)48-45-18-5-11-21(12-6-18)66-42-39(63)36(60)30(54)24(15-51)69-42/h1-12,22-24,28-30,34-42,49-63H,13-15H2/t22-,23-,24-,28-,29-,30-,34+,35+,36+,37-,38-,39-,40-,41-,42-/m1/s1. The average molecular weight is 973 g/mol. The van der Waals surface area contributed by atoms with Crippen LogP contribution in [0.3, 0.4) is 0 Å². The molecule has 0 spiro atoms. The molecule has 0 radical (unpaired) electrons. The zero-order chi connectivity index (χ0) is 49.7. The quantitative estimate of drug-likeness (QED) is 0.0673. The number of nitrogens with zero attached hydrogens (tertiary/aromatic N) is 6. The molecule has 372 valence electrons. The molecule has 15 N–H and O–H groups in total. The van der Waals surface area contributed by atoms with E-state index in [1.165, 1.54) is 72.8 Å². The van der Waals surface area contributed by atoms with Crippen molar-refractivity contribution in [3.05, 3.63) is 72.8 Å². The average Bonchev–Trinajstić information content (AvgIpc) is 3.35. The maximum atomic E-state index is 11.3. The van der Waals surface area contributed by atoms with Crippen LogP contribution in [-0.4, -0.2) is 189 Å². The number of hydrogen-bond acceptors (Lipinski definition) is 27. The number of phenols is 3. The Labute approximate surface area is 388 Å². The van der Waals surface area contributed by atoms with Crippen LogP contribution < -0.4 is 14.2 Å². The predicted molar refractivity (Wildman–Crippen MR) is 226 cm³/mol. The van der Waals surface area contributed by atoms with E-state index in [1.54, 1.807) is 0 Å². The van der Waals surface area contributed by atoms with Gasteiger partial charge in [0, 0.05) is 0 Å². The molecule has 3 aliphatic heterocycles. The Bertz CT molecular complexity index is 2140. The van der Waals surface area contributed by atoms with E-state index in [4.69, 9.17) is 28.4 Å². The summed E-state index contributed by atoms with van der Waals surface area (Å²) >= 11 is 0. The topological polar surface area (TPSA) is 433 Å². The highest BCUT2D eigenvalue weighted by Gasteiger charge is 2.47. The number of aliphatic hydroxyl groups is 12. The van der Waals surface area contributed by atoms with Gasteiger partial charge in [0.15, 0.2) is 34.3 Å². The number of phenolic OH excluding ortho intramolecular Hbond substituents is 3. The zero-order valence-corrected chi connectivity index (χ0v) is 35.6. The second kappa shape index (κ2) is 22.1. The van der Waals surface area contributed by atoms with Crippen molar-refractivity contribution >= 4 is 34.1 Å². The van der Waals surface area contributed by atoms with E-state index in [0.29, 0.717) is 0 Å². The monoisotopic (exact) mass is 972 g/mol. The first-order chi connectivity index (χ1) is 33.0. The predicted octanol–water partition coefficient (Wildman–Crippen LogP) is -0.414. The molecule has 7 rings (SSSR count). The maximum Gasteiger partial charge on any atom is 0.229 e. The van der Waals surface area contributed by atoms with Gasteiger partial charge in [-0.05, 0) is 72.8 Å². The van der Waals surface area contributed by atoms with Crippen molar-refractivity contribution in [2.75, 3.05) is 19.8 Å². The highest BCUT2D eigenvalue weighted by molar-refractivity contribution is 5.86. The van der Waals surface area contributed by atoms with Gasteiger partial charge in [-0.25, -0.2) is 0 Å². The van der Waals surface area contributed by atoms with Gasteiger partial charge in [-0.1, -0.05) is 0 Å². The lowest BCUT2D eigenvalue weighted by molar-refractivity contribution is -0.277. The smallest absolute Gasteiger partial charge is 0.229 e. The molecule has 15 atom stereocenters. The first-order valence-corrected chi connectivity index (χ1v) is 20.8. The molecule has 0 bridgehead atoms. The van der Waals surface area contributed by atoms with Crippen LogP contribution in [0.4, 0.5) is 34.1 Å². The molecule has 0 aliphatic carbocycles. The van der Waals surface area contributed by atoms with Crippen molar-refractivity contribution < 1.29 is 105 Å². The summed E-state index contributed by atoms with van der Waals surface area (Å²) in [6, 6.07) is 16.3. The minimum absolute atomic E-state index is 0.0842. The summed E-state index contributed by atoms with van der Waals surface area (Å²) in [6.07, 6.45) is -23.0. The summed E-state index contributed by atoms with van der Waals surface area (Å²) in [4.78, 5) is 0. The Morgan fingerprint density at radius 3 is 0.783 bits per heavy atom. The summed E-state index contributed by atoms with van der Waals surface area (Å²) in [5.74, 6) is -2.55. The van der Waals surface area contributed by atoms with Crippen molar-refractivity contribution in [3.63, 3.8) is 0 Å². The molecule has 0 aromatic heterocycles. The van der Waals surface area contributed by atoms with Gasteiger partial charge in [0.05, 0.1) is 36.9 Å². The van der Waals surface area contributed by atoms with Crippen LogP contribution in [0.25, 0.3) is 0 Å². The molecular weight excluding hydrogens is 924 g/mol. The fraction of sp³-hybridized carbons (Fsp3) is 0.429. The highest BCUT2D eigenvalue weighted by Crippen LogP contribution is 2.57. The van der Waals surface area contributed by atoms with Gasteiger partial charge >= 0.3 is 0 Å². The van der Waals surface area contributed by atoms with Gasteiger partial charge in [-0.15, -0.1) is 15.3 Å². The molecule has 69 heavy (non-hydrogen) atoms. The largest absolute Gasteiger partial charge is 0.504 e. The third kappa shape index (κ3) is 11.2. The number of aliphatic hydroxyl groups excluding tert-OH is 12. The van der Waals surface area contributed by atoms with Crippen LogP contribution in [-0.2, 0) is 14.2 Å². The molecule has 0 saturated carbocycles. The molecule has 27 heteroatoms. The zero-order valence-electron chi connectivity index (χ0n) is 35.6. The van der Waals surface area contributed by atoms with Gasteiger partial charge in [-0.2, -0.15) is 15.3 Å². The van der Waals surface area contributed by atoms with Crippen molar-refractivity contribution in [3.8, 4) is 34.5 Å². The van der Waals surface area contributed by atoms with E-state index in [9.17, 15) is 76.6 Å². The van der Waals surface area contributed by atoms with Crippen LogP contribution in [0, 0.1) is 0 Å². The Balaban J connectivity index is 1.13. The Kier molecular flexibility index (Phi) is 16.3. The number of rotatable bonds is 15. The molecule has 4 aromatic rings. The van der Waals surface area contributed by atoms with Gasteiger partial charge < -0.3 is 105 Å². The van der Waals surface area contributed by atoms with Crippen molar-refractivity contribution in [1.82, 2.24) is 0 Å². The van der Waals surface area contributed by atoms with Crippen molar-refractivity contribution in [2.45, 2.75) is 92.1 Å². The molecule has 27 nitrogen and oxygen atoms in total. The molecule has 3 saturated heterocycles. The Morgan fingerprint density at radius 1 is 0.333 bits per heavy atom. The molecule has 3 heterocycles. The number of benzene rings is 4. The van der Waals surface area contributed by atoms with Crippen molar-refractivity contribution in [2.24, 2.45) is 30.7 Å². The van der Waals surface area contributed by atoms with E-state index in [2.05, 4.69) is 30.7 Å². The summed E-state index contributed by atoms with van der Waals surface area (Å²) in [5, 5.41) is 178. The van der Waals surface area contributed by atoms with E-state index in [-0.39, 0.29) is 34.3 Å². The van der Waals surface area contributed by atoms with E-state index in [1.807, 2.05) is 0 Å². The minimum atomic E-state index is -1.69. The molecule has 3 fully saturated rings. The lowest BCUT2D eigenvalue weighted by atomic mass is 9.99. The fourth-order valence-corrected chi connectivity index (χ4v) is 6.95. The summed E-state index contributed by atoms with van der Waals surface area (Å²) in [5.41, 5.74) is -1.76. The summed E-state index contributed by atoms with van der Waals surface area (Å²) in [6.45, 7) is -2.02. The highest BCUT2D eigenvalue weighted by atomic mass is 16.7. The van der Waals surface area contributed by atoms with E-state index in [0.717, 1.165) is 0 Å². The molecule has 3 aliphatic rings. The number of hydrogen-bond donors (Lipinski definition) is 15. The molecular formula is C42H48N6O21. The SMILES string of the molecule is OC[C@H]1O[C@@H](Oc2ccc(N=Nc3c(O)c(N=Nc4ccc(O[C@@H]5O[C@H](CO)[C@@H](O)[C@H](O)[C@H]5O)cc4)c(O)c(N=Nc4ccc(O[C@@H]5O[C@H](CO)[C@@H](O)[C@H](O)[C@H]5O)cc4)c3O)cc2)[C@H](O)[C@@H](O)[C@@H]1O. The first kappa shape index (κ1) is 50.7. The molecule has 4 aromatic carbocycles. The second-order valence-corrected chi connectivity index (χ2v) is 15.6. The van der Waals surface area contributed by atoms with Crippen molar-refractivity contribution in [1.29, 1.82) is 0 Å². The van der Waals surface area contributed by atoms with Crippen LogP contribution in [0.5, 0.6) is 34.5 Å². The van der Waals surface area contributed by atoms with Gasteiger partial charge in [0.1, 0.15) is 90.5 Å². The third-order valence-electron chi connectivity index (χ3n) is 11.0. The second-order valence-electron chi connectivity index (χ2n) is 15.6.